The Balaban J connectivity index is 1.76. The summed E-state index contributed by atoms with van der Waals surface area (Å²) in [5.41, 5.74) is 0.946. The standard InChI is InChI=1S/C29H31NO5/c1-28(2,3)35-27(33)30-24(19-25(31)26(30)32)20-34-29(21-13-7-4-8-14-21,22-15-9-5-10-16-22)23-17-11-6-12-18-23/h4-18,24-25,31H,19-20H2,1-3H3/t24-,25+/m0/s1. The van der Waals surface area contributed by atoms with Crippen LogP contribution in [0.2, 0.25) is 0 Å². The smallest absolute Gasteiger partial charge is 0.417 e. The topological polar surface area (TPSA) is 76.1 Å². The molecule has 0 unspecified atom stereocenters. The first-order chi connectivity index (χ1) is 16.7. The van der Waals surface area contributed by atoms with Gasteiger partial charge in [-0.3, -0.25) is 4.79 Å². The molecule has 182 valence electrons. The summed E-state index contributed by atoms with van der Waals surface area (Å²) in [5, 5.41) is 10.3. The van der Waals surface area contributed by atoms with E-state index in [-0.39, 0.29) is 13.0 Å². The number of carbonyl (C=O) groups is 2. The van der Waals surface area contributed by atoms with Gasteiger partial charge in [0.05, 0.1) is 12.6 Å². The monoisotopic (exact) mass is 473 g/mol. The molecule has 1 saturated heterocycles. The fraction of sp³-hybridized carbons (Fsp3) is 0.310. The third-order valence-electron chi connectivity index (χ3n) is 6.01. The molecule has 0 aromatic heterocycles. The Kier molecular flexibility index (Phi) is 7.05. The second-order valence-electron chi connectivity index (χ2n) is 9.68. The van der Waals surface area contributed by atoms with E-state index in [0.717, 1.165) is 21.6 Å². The van der Waals surface area contributed by atoms with E-state index in [1.54, 1.807) is 20.8 Å². The first-order valence-corrected chi connectivity index (χ1v) is 11.8. The van der Waals surface area contributed by atoms with Crippen molar-refractivity contribution in [3.05, 3.63) is 108 Å². The van der Waals surface area contributed by atoms with Crippen LogP contribution in [0.4, 0.5) is 4.79 Å². The van der Waals surface area contributed by atoms with Crippen molar-refractivity contribution in [1.29, 1.82) is 0 Å². The normalized spacial score (nSPS) is 18.5. The molecule has 1 fully saturated rings. The fourth-order valence-corrected chi connectivity index (χ4v) is 4.49. The van der Waals surface area contributed by atoms with Crippen LogP contribution in [0, 0.1) is 0 Å². The molecule has 6 nitrogen and oxygen atoms in total. The maximum Gasteiger partial charge on any atom is 0.417 e. The Morgan fingerprint density at radius 2 is 1.29 bits per heavy atom. The Hall–Kier alpha value is -3.48. The summed E-state index contributed by atoms with van der Waals surface area (Å²) in [6.45, 7) is 5.22. The number of carbonyl (C=O) groups excluding carboxylic acids is 2. The van der Waals surface area contributed by atoms with Crippen LogP contribution in [0.3, 0.4) is 0 Å². The van der Waals surface area contributed by atoms with Crippen molar-refractivity contribution in [3.63, 3.8) is 0 Å². The number of nitrogens with zero attached hydrogens (tertiary/aromatic N) is 1. The van der Waals surface area contributed by atoms with Crippen LogP contribution in [-0.2, 0) is 19.9 Å². The number of aliphatic hydroxyl groups excluding tert-OH is 1. The fourth-order valence-electron chi connectivity index (χ4n) is 4.49. The Morgan fingerprint density at radius 1 is 0.857 bits per heavy atom. The summed E-state index contributed by atoms with van der Waals surface area (Å²) in [4.78, 5) is 26.6. The number of rotatable bonds is 6. The second-order valence-corrected chi connectivity index (χ2v) is 9.68. The number of ether oxygens (including phenoxy) is 2. The van der Waals surface area contributed by atoms with Crippen molar-refractivity contribution in [2.45, 2.75) is 50.5 Å². The third kappa shape index (κ3) is 5.14. The molecular formula is C29H31NO5. The summed E-state index contributed by atoms with van der Waals surface area (Å²) in [6.07, 6.45) is -1.99. The van der Waals surface area contributed by atoms with E-state index in [9.17, 15) is 14.7 Å². The number of imide groups is 1. The van der Waals surface area contributed by atoms with Gasteiger partial charge in [-0.2, -0.15) is 0 Å². The van der Waals surface area contributed by atoms with Gasteiger partial charge < -0.3 is 14.6 Å². The number of likely N-dealkylation sites (tertiary alicyclic amines) is 1. The first kappa shape index (κ1) is 24.6. The van der Waals surface area contributed by atoms with Crippen LogP contribution in [0.25, 0.3) is 0 Å². The van der Waals surface area contributed by atoms with Gasteiger partial charge in [0.1, 0.15) is 17.3 Å². The molecule has 1 aliphatic rings. The van der Waals surface area contributed by atoms with Crippen LogP contribution in [0.5, 0.6) is 0 Å². The molecule has 3 aromatic rings. The number of amides is 2. The van der Waals surface area contributed by atoms with Gasteiger partial charge in [0.2, 0.25) is 0 Å². The Morgan fingerprint density at radius 3 is 1.69 bits per heavy atom. The summed E-state index contributed by atoms with van der Waals surface area (Å²) >= 11 is 0. The highest BCUT2D eigenvalue weighted by Crippen LogP contribution is 2.41. The molecule has 6 heteroatoms. The molecule has 0 saturated carbocycles. The van der Waals surface area contributed by atoms with Crippen LogP contribution >= 0.6 is 0 Å². The number of hydrogen-bond donors (Lipinski definition) is 1. The molecular weight excluding hydrogens is 442 g/mol. The predicted molar refractivity (Wildman–Crippen MR) is 133 cm³/mol. The zero-order valence-corrected chi connectivity index (χ0v) is 20.3. The van der Waals surface area contributed by atoms with E-state index in [2.05, 4.69) is 0 Å². The van der Waals surface area contributed by atoms with E-state index in [0.29, 0.717) is 0 Å². The average Bonchev–Trinajstić information content (AvgIpc) is 3.14. The van der Waals surface area contributed by atoms with Crippen LogP contribution < -0.4 is 0 Å². The molecule has 1 N–H and O–H groups in total. The molecule has 0 bridgehead atoms. The van der Waals surface area contributed by atoms with Gasteiger partial charge in [-0.1, -0.05) is 91.0 Å². The first-order valence-electron chi connectivity index (χ1n) is 11.8. The van der Waals surface area contributed by atoms with Gasteiger partial charge in [0.25, 0.3) is 5.91 Å². The largest absolute Gasteiger partial charge is 0.443 e. The third-order valence-corrected chi connectivity index (χ3v) is 6.01. The maximum absolute atomic E-state index is 12.9. The molecule has 35 heavy (non-hydrogen) atoms. The minimum atomic E-state index is -1.28. The zero-order chi connectivity index (χ0) is 25.1. The molecule has 0 aliphatic carbocycles. The molecule has 3 aromatic carbocycles. The predicted octanol–water partition coefficient (Wildman–Crippen LogP) is 4.89. The summed E-state index contributed by atoms with van der Waals surface area (Å²) in [5.74, 6) is -0.669. The van der Waals surface area contributed by atoms with Gasteiger partial charge >= 0.3 is 6.09 Å². The van der Waals surface area contributed by atoms with Crippen LogP contribution in [0.1, 0.15) is 43.9 Å². The summed E-state index contributed by atoms with van der Waals surface area (Å²) in [7, 11) is 0. The van der Waals surface area contributed by atoms with Gasteiger partial charge in [-0.25, -0.2) is 9.69 Å². The lowest BCUT2D eigenvalue weighted by Crippen LogP contribution is -2.46. The number of benzene rings is 3. The summed E-state index contributed by atoms with van der Waals surface area (Å²) in [6, 6.07) is 28.9. The Bertz CT molecular complexity index is 1050. The number of hydrogen-bond acceptors (Lipinski definition) is 5. The van der Waals surface area contributed by atoms with E-state index >= 15 is 0 Å². The summed E-state index contributed by atoms with van der Waals surface area (Å²) < 4.78 is 12.2. The van der Waals surface area contributed by atoms with Gasteiger partial charge in [0, 0.05) is 6.42 Å². The van der Waals surface area contributed by atoms with Crippen molar-refractivity contribution in [2.24, 2.45) is 0 Å². The number of aliphatic hydroxyl groups is 1. The van der Waals surface area contributed by atoms with Crippen LogP contribution in [0.15, 0.2) is 91.0 Å². The molecule has 2 amide bonds. The molecule has 0 spiro atoms. The van der Waals surface area contributed by atoms with Crippen molar-refractivity contribution in [1.82, 2.24) is 4.90 Å². The van der Waals surface area contributed by atoms with Crippen molar-refractivity contribution in [3.8, 4) is 0 Å². The lowest BCUT2D eigenvalue weighted by Gasteiger charge is -2.37. The van der Waals surface area contributed by atoms with Gasteiger partial charge in [-0.15, -0.1) is 0 Å². The van der Waals surface area contributed by atoms with E-state index in [1.165, 1.54) is 0 Å². The molecule has 2 atom stereocenters. The minimum Gasteiger partial charge on any atom is -0.443 e. The Labute approximate surface area is 206 Å². The van der Waals surface area contributed by atoms with E-state index < -0.39 is 35.3 Å². The quantitative estimate of drug-likeness (QED) is 0.516. The van der Waals surface area contributed by atoms with Crippen molar-refractivity contribution >= 4 is 12.0 Å². The zero-order valence-electron chi connectivity index (χ0n) is 20.3. The van der Waals surface area contributed by atoms with Gasteiger partial charge in [-0.05, 0) is 37.5 Å². The minimum absolute atomic E-state index is 0.0146. The second kappa shape index (κ2) is 10.0. The molecule has 4 rings (SSSR count). The van der Waals surface area contributed by atoms with Crippen molar-refractivity contribution < 1.29 is 24.2 Å². The highest BCUT2D eigenvalue weighted by atomic mass is 16.6. The lowest BCUT2D eigenvalue weighted by atomic mass is 9.80. The maximum atomic E-state index is 12.9. The highest BCUT2D eigenvalue weighted by Gasteiger charge is 2.46. The van der Waals surface area contributed by atoms with E-state index in [4.69, 9.17) is 9.47 Å². The SMILES string of the molecule is CC(C)(C)OC(=O)N1C(=O)[C@H](O)C[C@H]1COC(c1ccccc1)(c1ccccc1)c1ccccc1. The molecule has 1 aliphatic heterocycles. The average molecular weight is 474 g/mol. The lowest BCUT2D eigenvalue weighted by molar-refractivity contribution is -0.135. The molecule has 0 radical (unpaired) electrons. The van der Waals surface area contributed by atoms with Crippen molar-refractivity contribution in [2.75, 3.05) is 6.61 Å². The van der Waals surface area contributed by atoms with E-state index in [1.807, 2.05) is 91.0 Å². The highest BCUT2D eigenvalue weighted by molar-refractivity contribution is 5.96. The molecule has 1 heterocycles. The van der Waals surface area contributed by atoms with Gasteiger partial charge in [0.15, 0.2) is 0 Å². The van der Waals surface area contributed by atoms with Crippen LogP contribution in [-0.4, -0.2) is 46.4 Å².